The van der Waals surface area contributed by atoms with E-state index >= 15 is 0 Å². The average molecular weight is 663 g/mol. The summed E-state index contributed by atoms with van der Waals surface area (Å²) in [6.07, 6.45) is 0.271. The van der Waals surface area contributed by atoms with Crippen LogP contribution < -0.4 is 9.62 Å². The molecule has 43 heavy (non-hydrogen) atoms. The summed E-state index contributed by atoms with van der Waals surface area (Å²) in [5.74, 6) is -0.793. The van der Waals surface area contributed by atoms with Crippen molar-refractivity contribution in [2.24, 2.45) is 0 Å². The molecule has 4 aromatic rings. The number of benzene rings is 4. The number of sulfonamides is 1. The van der Waals surface area contributed by atoms with E-state index in [9.17, 15) is 18.0 Å². The van der Waals surface area contributed by atoms with Gasteiger partial charge in [0.25, 0.3) is 10.0 Å². The number of anilines is 1. The van der Waals surface area contributed by atoms with Gasteiger partial charge in [-0.1, -0.05) is 88.2 Å². The molecule has 7 nitrogen and oxygen atoms in total. The number of aryl methyl sites for hydroxylation is 2. The zero-order valence-corrected chi connectivity index (χ0v) is 26.9. The fourth-order valence-corrected chi connectivity index (χ4v) is 6.47. The number of hydrogen-bond donors (Lipinski definition) is 1. The van der Waals surface area contributed by atoms with Crippen LogP contribution in [0.1, 0.15) is 29.2 Å². The zero-order chi connectivity index (χ0) is 31.0. The van der Waals surface area contributed by atoms with Crippen molar-refractivity contribution in [1.82, 2.24) is 10.2 Å². The molecule has 0 bridgehead atoms. The van der Waals surface area contributed by atoms with Gasteiger partial charge >= 0.3 is 0 Å². The molecule has 4 rings (SSSR count). The van der Waals surface area contributed by atoms with Crippen LogP contribution in [-0.2, 0) is 32.6 Å². The van der Waals surface area contributed by atoms with Gasteiger partial charge in [0.05, 0.1) is 10.6 Å². The first kappa shape index (κ1) is 32.0. The molecule has 1 N–H and O–H groups in total. The first-order chi connectivity index (χ1) is 20.6. The number of likely N-dealkylation sites (N-methyl/N-ethyl adjacent to an activating group) is 1. The fraction of sp³-hybridized carbons (Fsp3) is 0.235. The van der Waals surface area contributed by atoms with Crippen LogP contribution in [0.15, 0.2) is 112 Å². The smallest absolute Gasteiger partial charge is 0.264 e. The highest BCUT2D eigenvalue weighted by atomic mass is 79.9. The predicted molar refractivity (Wildman–Crippen MR) is 174 cm³/mol. The van der Waals surface area contributed by atoms with E-state index in [1.165, 1.54) is 4.90 Å². The topological polar surface area (TPSA) is 86.8 Å². The minimum atomic E-state index is -4.14. The molecule has 2 amide bonds. The van der Waals surface area contributed by atoms with Crippen LogP contribution in [0.2, 0.25) is 0 Å². The SMILES string of the molecule is CCNC(=O)C(Cc1ccccc1)N(Cc1ccccc1C)C(=O)CN(c1ccc(Br)cc1)S(=O)(=O)c1ccc(C)cc1. The number of nitrogens with zero attached hydrogens (tertiary/aromatic N) is 2. The van der Waals surface area contributed by atoms with Crippen LogP contribution >= 0.6 is 15.9 Å². The number of nitrogens with one attached hydrogen (secondary N) is 1. The number of carbonyl (C=O) groups is 2. The second-order valence-electron chi connectivity index (χ2n) is 10.3. The molecular weight excluding hydrogens is 626 g/mol. The Bertz CT molecular complexity index is 1640. The molecule has 1 unspecified atom stereocenters. The van der Waals surface area contributed by atoms with Crippen molar-refractivity contribution in [2.75, 3.05) is 17.4 Å². The third kappa shape index (κ3) is 8.12. The maximum atomic E-state index is 14.4. The molecule has 0 fully saturated rings. The fourth-order valence-electron chi connectivity index (χ4n) is 4.79. The summed E-state index contributed by atoms with van der Waals surface area (Å²) >= 11 is 3.41. The standard InChI is InChI=1S/C34H36BrN3O4S/c1-4-36-34(40)32(22-27-11-6-5-7-12-27)37(23-28-13-9-8-10-26(28)3)33(39)24-38(30-18-16-29(35)17-19-30)43(41,42)31-20-14-25(2)15-21-31/h5-21,32H,4,22-24H2,1-3H3,(H,36,40). The molecule has 4 aromatic carbocycles. The molecule has 0 saturated carbocycles. The summed E-state index contributed by atoms with van der Waals surface area (Å²) in [5, 5.41) is 2.88. The number of hydrogen-bond acceptors (Lipinski definition) is 4. The van der Waals surface area contributed by atoms with E-state index < -0.39 is 28.5 Å². The van der Waals surface area contributed by atoms with E-state index in [1.807, 2.05) is 75.4 Å². The van der Waals surface area contributed by atoms with Crippen LogP contribution in [0.3, 0.4) is 0 Å². The maximum Gasteiger partial charge on any atom is 0.264 e. The first-order valence-electron chi connectivity index (χ1n) is 14.1. The maximum absolute atomic E-state index is 14.4. The van der Waals surface area contributed by atoms with Crippen LogP contribution in [0.4, 0.5) is 5.69 Å². The normalized spacial score (nSPS) is 11.9. The summed E-state index contributed by atoms with van der Waals surface area (Å²) in [6.45, 7) is 5.70. The number of carbonyl (C=O) groups excluding carboxylic acids is 2. The summed E-state index contributed by atoms with van der Waals surface area (Å²) in [4.78, 5) is 29.6. The summed E-state index contributed by atoms with van der Waals surface area (Å²) in [5.41, 5.74) is 3.98. The van der Waals surface area contributed by atoms with E-state index in [-0.39, 0.29) is 23.8 Å². The molecule has 0 spiro atoms. The van der Waals surface area contributed by atoms with Crippen molar-refractivity contribution >= 4 is 43.5 Å². The van der Waals surface area contributed by atoms with Crippen LogP contribution in [-0.4, -0.2) is 44.3 Å². The minimum Gasteiger partial charge on any atom is -0.355 e. The second-order valence-corrected chi connectivity index (χ2v) is 13.1. The van der Waals surface area contributed by atoms with E-state index in [0.29, 0.717) is 12.2 Å². The Balaban J connectivity index is 1.80. The number of rotatable bonds is 12. The Kier molecular flexibility index (Phi) is 10.8. The molecule has 0 aliphatic heterocycles. The molecule has 1 atom stereocenters. The van der Waals surface area contributed by atoms with Gasteiger partial charge in [-0.15, -0.1) is 0 Å². The molecule has 0 radical (unpaired) electrons. The second kappa shape index (κ2) is 14.5. The molecule has 0 heterocycles. The van der Waals surface area contributed by atoms with Crippen molar-refractivity contribution in [3.05, 3.63) is 130 Å². The molecule has 0 aromatic heterocycles. The summed E-state index contributed by atoms with van der Waals surface area (Å²) < 4.78 is 30.0. The molecule has 0 saturated heterocycles. The summed E-state index contributed by atoms with van der Waals surface area (Å²) in [7, 11) is -4.14. The Labute approximate surface area is 262 Å². The number of halogens is 1. The third-order valence-electron chi connectivity index (χ3n) is 7.23. The van der Waals surface area contributed by atoms with E-state index in [2.05, 4.69) is 21.2 Å². The quantitative estimate of drug-likeness (QED) is 0.201. The molecule has 9 heteroatoms. The van der Waals surface area contributed by atoms with Gasteiger partial charge in [0.2, 0.25) is 11.8 Å². The van der Waals surface area contributed by atoms with Crippen molar-refractivity contribution in [3.8, 4) is 0 Å². The van der Waals surface area contributed by atoms with Crippen molar-refractivity contribution in [1.29, 1.82) is 0 Å². The Morgan fingerprint density at radius 3 is 2.09 bits per heavy atom. The van der Waals surface area contributed by atoms with Gasteiger partial charge in [-0.05, 0) is 73.9 Å². The van der Waals surface area contributed by atoms with Gasteiger partial charge in [-0.3, -0.25) is 13.9 Å². The highest BCUT2D eigenvalue weighted by Crippen LogP contribution is 2.27. The van der Waals surface area contributed by atoms with Crippen LogP contribution in [0.25, 0.3) is 0 Å². The van der Waals surface area contributed by atoms with E-state index in [1.54, 1.807) is 48.5 Å². The van der Waals surface area contributed by atoms with Crippen molar-refractivity contribution < 1.29 is 18.0 Å². The predicted octanol–water partition coefficient (Wildman–Crippen LogP) is 6.04. The monoisotopic (exact) mass is 661 g/mol. The van der Waals surface area contributed by atoms with Crippen LogP contribution in [0, 0.1) is 13.8 Å². The largest absolute Gasteiger partial charge is 0.355 e. The molecule has 0 aliphatic rings. The molecular formula is C34H36BrN3O4S. The lowest BCUT2D eigenvalue weighted by molar-refractivity contribution is -0.140. The highest BCUT2D eigenvalue weighted by Gasteiger charge is 2.34. The first-order valence-corrected chi connectivity index (χ1v) is 16.3. The van der Waals surface area contributed by atoms with Crippen molar-refractivity contribution in [2.45, 2.75) is 44.7 Å². The van der Waals surface area contributed by atoms with E-state index in [4.69, 9.17) is 0 Å². The van der Waals surface area contributed by atoms with Gasteiger partial charge in [0.15, 0.2) is 0 Å². The lowest BCUT2D eigenvalue weighted by Gasteiger charge is -2.34. The lowest BCUT2D eigenvalue weighted by atomic mass is 10.0. The van der Waals surface area contributed by atoms with Gasteiger partial charge < -0.3 is 10.2 Å². The van der Waals surface area contributed by atoms with Gasteiger partial charge in [0.1, 0.15) is 12.6 Å². The molecule has 0 aliphatic carbocycles. The Morgan fingerprint density at radius 1 is 0.837 bits per heavy atom. The zero-order valence-electron chi connectivity index (χ0n) is 24.5. The highest BCUT2D eigenvalue weighted by molar-refractivity contribution is 9.10. The van der Waals surface area contributed by atoms with Crippen molar-refractivity contribution in [3.63, 3.8) is 0 Å². The Morgan fingerprint density at radius 2 is 1.47 bits per heavy atom. The average Bonchev–Trinajstić information content (AvgIpc) is 3.00. The number of amides is 2. The van der Waals surface area contributed by atoms with Crippen LogP contribution in [0.5, 0.6) is 0 Å². The third-order valence-corrected chi connectivity index (χ3v) is 9.54. The van der Waals surface area contributed by atoms with Gasteiger partial charge in [0, 0.05) is 24.0 Å². The van der Waals surface area contributed by atoms with Gasteiger partial charge in [-0.2, -0.15) is 0 Å². The minimum absolute atomic E-state index is 0.0730. The van der Waals surface area contributed by atoms with Gasteiger partial charge in [-0.25, -0.2) is 8.42 Å². The van der Waals surface area contributed by atoms with E-state index in [0.717, 1.165) is 31.0 Å². The lowest BCUT2D eigenvalue weighted by Crippen LogP contribution is -2.53. The summed E-state index contributed by atoms with van der Waals surface area (Å²) in [6, 6.07) is 29.6. The Hall–Kier alpha value is -3.95. The molecule has 224 valence electrons.